The SMILES string of the molecule is C[C@H](CO)N1C[C@H](C)[C@H](CN(C)Cc2ccc(C(=O)O)cc2)Oc2ccc(NC(=O)Nc3ccc(F)cc3)cc2C1=O. The number of hydrogen-bond acceptors (Lipinski definition) is 6. The third-order valence-electron chi connectivity index (χ3n) is 7.17. The van der Waals surface area contributed by atoms with Gasteiger partial charge in [-0.1, -0.05) is 19.1 Å². The summed E-state index contributed by atoms with van der Waals surface area (Å²) >= 11 is 0. The van der Waals surface area contributed by atoms with E-state index < -0.39 is 23.9 Å². The van der Waals surface area contributed by atoms with Crippen LogP contribution in [0.25, 0.3) is 0 Å². The molecule has 0 fully saturated rings. The molecule has 0 saturated heterocycles. The molecule has 0 radical (unpaired) electrons. The van der Waals surface area contributed by atoms with Crippen LogP contribution in [-0.4, -0.2) is 76.8 Å². The van der Waals surface area contributed by atoms with Crippen LogP contribution in [0.15, 0.2) is 66.7 Å². The van der Waals surface area contributed by atoms with Crippen LogP contribution in [0.1, 0.15) is 40.1 Å². The van der Waals surface area contributed by atoms with E-state index in [0.717, 1.165) is 5.56 Å². The molecule has 3 atom stereocenters. The molecule has 0 saturated carbocycles. The fourth-order valence-electron chi connectivity index (χ4n) is 4.78. The van der Waals surface area contributed by atoms with Gasteiger partial charge in [-0.2, -0.15) is 0 Å². The molecule has 1 aliphatic heterocycles. The van der Waals surface area contributed by atoms with Crippen molar-refractivity contribution in [2.75, 3.05) is 37.4 Å². The molecule has 4 N–H and O–H groups in total. The Morgan fingerprint density at radius 3 is 2.36 bits per heavy atom. The van der Waals surface area contributed by atoms with E-state index in [9.17, 15) is 23.9 Å². The van der Waals surface area contributed by atoms with Crippen molar-refractivity contribution in [2.24, 2.45) is 5.92 Å². The highest BCUT2D eigenvalue weighted by Crippen LogP contribution is 2.31. The second-order valence-electron chi connectivity index (χ2n) is 10.6. The summed E-state index contributed by atoms with van der Waals surface area (Å²) in [6, 6.07) is 15.8. The first kappa shape index (κ1) is 30.5. The van der Waals surface area contributed by atoms with E-state index in [2.05, 4.69) is 15.5 Å². The fraction of sp³-hybridized carbons (Fsp3) is 0.323. The van der Waals surface area contributed by atoms with Gasteiger partial charge in [0.1, 0.15) is 17.7 Å². The van der Waals surface area contributed by atoms with Crippen molar-refractivity contribution in [1.82, 2.24) is 9.80 Å². The number of aliphatic hydroxyl groups excluding tert-OH is 1. The number of carbonyl (C=O) groups is 3. The van der Waals surface area contributed by atoms with Crippen LogP contribution in [0, 0.1) is 11.7 Å². The molecule has 0 aromatic heterocycles. The van der Waals surface area contributed by atoms with Crippen LogP contribution >= 0.6 is 0 Å². The van der Waals surface area contributed by atoms with Crippen LogP contribution in [0.3, 0.4) is 0 Å². The van der Waals surface area contributed by atoms with Crippen molar-refractivity contribution in [3.05, 3.63) is 89.2 Å². The Bertz CT molecular complexity index is 1420. The number of ether oxygens (including phenoxy) is 1. The van der Waals surface area contributed by atoms with E-state index in [4.69, 9.17) is 9.84 Å². The van der Waals surface area contributed by atoms with Gasteiger partial charge in [-0.15, -0.1) is 0 Å². The number of aromatic carboxylic acids is 1. The standard InChI is InChI=1S/C31H35FN4O6/c1-19-15-36(20(2)18-37)29(38)26-14-25(34-31(41)33-24-10-8-23(32)9-11-24)12-13-27(26)42-28(19)17-35(3)16-21-4-6-22(7-5-21)30(39)40/h4-14,19-20,28,37H,15-18H2,1-3H3,(H,39,40)(H2,33,34,41)/t19-,20+,28-/m0/s1. The predicted molar refractivity (Wildman–Crippen MR) is 156 cm³/mol. The van der Waals surface area contributed by atoms with Gasteiger partial charge in [0.25, 0.3) is 5.91 Å². The molecule has 1 aliphatic rings. The lowest BCUT2D eigenvalue weighted by Gasteiger charge is -2.38. The molecular weight excluding hydrogens is 543 g/mol. The molecule has 42 heavy (non-hydrogen) atoms. The van der Waals surface area contributed by atoms with Gasteiger partial charge in [-0.3, -0.25) is 9.69 Å². The average molecular weight is 579 g/mol. The monoisotopic (exact) mass is 578 g/mol. The second-order valence-corrected chi connectivity index (χ2v) is 10.6. The molecular formula is C31H35FN4O6. The Morgan fingerprint density at radius 1 is 1.07 bits per heavy atom. The van der Waals surface area contributed by atoms with E-state index in [1.165, 1.54) is 24.3 Å². The van der Waals surface area contributed by atoms with E-state index in [1.54, 1.807) is 54.3 Å². The third-order valence-corrected chi connectivity index (χ3v) is 7.17. The molecule has 0 spiro atoms. The smallest absolute Gasteiger partial charge is 0.335 e. The summed E-state index contributed by atoms with van der Waals surface area (Å²) in [5.41, 5.74) is 2.18. The van der Waals surface area contributed by atoms with Gasteiger partial charge in [-0.05, 0) is 74.1 Å². The minimum absolute atomic E-state index is 0.0905. The number of halogens is 1. The van der Waals surface area contributed by atoms with Gasteiger partial charge in [0.05, 0.1) is 23.8 Å². The molecule has 0 aliphatic carbocycles. The number of anilines is 2. The number of nitrogens with one attached hydrogen (secondary N) is 2. The number of hydrogen-bond donors (Lipinski definition) is 4. The van der Waals surface area contributed by atoms with Crippen LogP contribution in [0.5, 0.6) is 5.75 Å². The van der Waals surface area contributed by atoms with E-state index in [0.29, 0.717) is 36.8 Å². The van der Waals surface area contributed by atoms with Crippen molar-refractivity contribution in [2.45, 2.75) is 32.5 Å². The highest BCUT2D eigenvalue weighted by molar-refractivity contribution is 6.02. The van der Waals surface area contributed by atoms with Crippen molar-refractivity contribution >= 4 is 29.3 Å². The molecule has 222 valence electrons. The first-order valence-electron chi connectivity index (χ1n) is 13.6. The maximum absolute atomic E-state index is 13.7. The van der Waals surface area contributed by atoms with Crippen molar-refractivity contribution < 1.29 is 33.7 Å². The quantitative estimate of drug-likeness (QED) is 0.294. The van der Waals surface area contributed by atoms with Gasteiger partial charge >= 0.3 is 12.0 Å². The van der Waals surface area contributed by atoms with Gasteiger partial charge in [-0.25, -0.2) is 14.0 Å². The molecule has 0 bridgehead atoms. The molecule has 11 heteroatoms. The van der Waals surface area contributed by atoms with E-state index in [1.807, 2.05) is 14.0 Å². The molecule has 3 aromatic carbocycles. The molecule has 0 unspecified atom stereocenters. The van der Waals surface area contributed by atoms with E-state index >= 15 is 0 Å². The zero-order valence-electron chi connectivity index (χ0n) is 23.7. The minimum Gasteiger partial charge on any atom is -0.488 e. The van der Waals surface area contributed by atoms with Gasteiger partial charge in [0.15, 0.2) is 0 Å². The van der Waals surface area contributed by atoms with Crippen LogP contribution in [0.2, 0.25) is 0 Å². The zero-order chi connectivity index (χ0) is 30.4. The number of carboxylic acids is 1. The average Bonchev–Trinajstić information content (AvgIpc) is 2.96. The lowest BCUT2D eigenvalue weighted by molar-refractivity contribution is 0.0341. The molecule has 10 nitrogen and oxygen atoms in total. The summed E-state index contributed by atoms with van der Waals surface area (Å²) in [5, 5.41) is 24.4. The van der Waals surface area contributed by atoms with Crippen molar-refractivity contribution in [3.8, 4) is 5.75 Å². The Balaban J connectivity index is 1.54. The Kier molecular flexibility index (Phi) is 9.76. The number of likely N-dealkylation sites (N-methyl/N-ethyl adjacent to an activating group) is 1. The normalized spacial score (nSPS) is 17.5. The van der Waals surface area contributed by atoms with Crippen LogP contribution in [-0.2, 0) is 6.54 Å². The highest BCUT2D eigenvalue weighted by Gasteiger charge is 2.33. The number of carbonyl (C=O) groups excluding carboxylic acids is 2. The molecule has 1 heterocycles. The topological polar surface area (TPSA) is 131 Å². The summed E-state index contributed by atoms with van der Waals surface area (Å²) in [6.07, 6.45) is -0.325. The first-order valence-corrected chi connectivity index (χ1v) is 13.6. The fourth-order valence-corrected chi connectivity index (χ4v) is 4.78. The lowest BCUT2D eigenvalue weighted by atomic mass is 9.99. The Labute approximate surface area is 243 Å². The van der Waals surface area contributed by atoms with Crippen molar-refractivity contribution in [3.63, 3.8) is 0 Å². The summed E-state index contributed by atoms with van der Waals surface area (Å²) in [5.74, 6) is -1.46. The maximum Gasteiger partial charge on any atom is 0.335 e. The molecule has 3 aromatic rings. The number of rotatable bonds is 9. The number of urea groups is 1. The minimum atomic E-state index is -0.978. The van der Waals surface area contributed by atoms with Gasteiger partial charge in [0.2, 0.25) is 0 Å². The third kappa shape index (κ3) is 7.62. The molecule has 4 rings (SSSR count). The van der Waals surface area contributed by atoms with Gasteiger partial charge in [0, 0.05) is 36.9 Å². The summed E-state index contributed by atoms with van der Waals surface area (Å²) in [7, 11) is 1.94. The van der Waals surface area contributed by atoms with Crippen LogP contribution < -0.4 is 15.4 Å². The summed E-state index contributed by atoms with van der Waals surface area (Å²) < 4.78 is 19.6. The second kappa shape index (κ2) is 13.5. The van der Waals surface area contributed by atoms with Crippen LogP contribution in [0.4, 0.5) is 20.6 Å². The number of amides is 3. The number of benzene rings is 3. The van der Waals surface area contributed by atoms with Gasteiger partial charge < -0.3 is 30.5 Å². The highest BCUT2D eigenvalue weighted by atomic mass is 19.1. The summed E-state index contributed by atoms with van der Waals surface area (Å²) in [4.78, 5) is 41.1. The largest absolute Gasteiger partial charge is 0.488 e. The zero-order valence-corrected chi connectivity index (χ0v) is 23.7. The number of aliphatic hydroxyl groups is 1. The number of nitrogens with zero attached hydrogens (tertiary/aromatic N) is 2. The number of fused-ring (bicyclic) bond motifs is 1. The Hall–Kier alpha value is -4.48. The predicted octanol–water partition coefficient (Wildman–Crippen LogP) is 4.52. The van der Waals surface area contributed by atoms with Crippen molar-refractivity contribution in [1.29, 1.82) is 0 Å². The maximum atomic E-state index is 13.7. The van der Waals surface area contributed by atoms with E-state index in [-0.39, 0.29) is 35.7 Å². The first-order chi connectivity index (χ1) is 20.0. The Morgan fingerprint density at radius 2 is 1.71 bits per heavy atom. The number of carboxylic acid groups (broad SMARTS) is 1. The summed E-state index contributed by atoms with van der Waals surface area (Å²) in [6.45, 7) is 4.95. The lowest BCUT2D eigenvalue weighted by Crippen LogP contribution is -2.49. The molecule has 3 amide bonds.